The van der Waals surface area contributed by atoms with E-state index in [9.17, 15) is 4.79 Å². The number of piperazine rings is 1. The summed E-state index contributed by atoms with van der Waals surface area (Å²) in [6, 6.07) is 7.36. The van der Waals surface area contributed by atoms with Crippen LogP contribution < -0.4 is 0 Å². The number of nitrogens with zero attached hydrogens (tertiary/aromatic N) is 2. The Hall–Kier alpha value is -1.26. The molecule has 1 saturated heterocycles. The van der Waals surface area contributed by atoms with Gasteiger partial charge in [0.25, 0.3) is 0 Å². The summed E-state index contributed by atoms with van der Waals surface area (Å²) in [5.74, 6) is 0. The molecule has 0 unspecified atom stereocenters. The minimum Gasteiger partial charge on any atom is -0.445 e. The van der Waals surface area contributed by atoms with E-state index in [1.165, 1.54) is 0 Å². The van der Waals surface area contributed by atoms with Gasteiger partial charge in [0.1, 0.15) is 6.61 Å². The highest BCUT2D eigenvalue weighted by Gasteiger charge is 2.21. The van der Waals surface area contributed by atoms with Crippen molar-refractivity contribution in [2.75, 3.05) is 32.7 Å². The summed E-state index contributed by atoms with van der Waals surface area (Å²) in [6.07, 6.45) is -0.240. The topological polar surface area (TPSA) is 32.8 Å². The first kappa shape index (κ1) is 14.2. The summed E-state index contributed by atoms with van der Waals surface area (Å²) in [7, 11) is 0. The van der Waals surface area contributed by atoms with Crippen molar-refractivity contribution in [3.8, 4) is 0 Å². The van der Waals surface area contributed by atoms with Gasteiger partial charge in [0.15, 0.2) is 0 Å². The van der Waals surface area contributed by atoms with E-state index in [0.717, 1.165) is 38.3 Å². The number of hydrogen-bond donors (Lipinski definition) is 0. The van der Waals surface area contributed by atoms with E-state index in [-0.39, 0.29) is 12.7 Å². The Labute approximate surface area is 118 Å². The average Bonchev–Trinajstić information content (AvgIpc) is 2.45. The molecule has 1 heterocycles. The van der Waals surface area contributed by atoms with Crippen LogP contribution in [-0.4, -0.2) is 48.6 Å². The summed E-state index contributed by atoms with van der Waals surface area (Å²) in [6.45, 7) is 6.75. The van der Waals surface area contributed by atoms with Gasteiger partial charge in [0.2, 0.25) is 0 Å². The highest BCUT2D eigenvalue weighted by atomic mass is 35.5. The van der Waals surface area contributed by atoms with Crippen LogP contribution in [0.5, 0.6) is 0 Å². The van der Waals surface area contributed by atoms with E-state index in [0.29, 0.717) is 5.02 Å². The Morgan fingerprint density at radius 1 is 1.32 bits per heavy atom. The molecular formula is C14H19ClN2O2. The second-order valence-corrected chi connectivity index (χ2v) is 5.04. The predicted molar refractivity (Wildman–Crippen MR) is 75.3 cm³/mol. The minimum atomic E-state index is -0.240. The number of halogens is 1. The van der Waals surface area contributed by atoms with Crippen LogP contribution in [0.4, 0.5) is 4.79 Å². The molecule has 0 aliphatic carbocycles. The van der Waals surface area contributed by atoms with Crippen LogP contribution in [0.3, 0.4) is 0 Å². The van der Waals surface area contributed by atoms with Gasteiger partial charge in [0, 0.05) is 31.2 Å². The maximum absolute atomic E-state index is 11.9. The van der Waals surface area contributed by atoms with Gasteiger partial charge < -0.3 is 14.5 Å². The second kappa shape index (κ2) is 6.78. The monoisotopic (exact) mass is 282 g/mol. The van der Waals surface area contributed by atoms with Crippen LogP contribution in [0, 0.1) is 0 Å². The van der Waals surface area contributed by atoms with Gasteiger partial charge in [-0.15, -0.1) is 0 Å². The molecule has 1 fully saturated rings. The van der Waals surface area contributed by atoms with Crippen LogP contribution in [-0.2, 0) is 11.3 Å². The van der Waals surface area contributed by atoms with Gasteiger partial charge in [-0.2, -0.15) is 0 Å². The Morgan fingerprint density at radius 3 is 2.68 bits per heavy atom. The minimum absolute atomic E-state index is 0.240. The zero-order chi connectivity index (χ0) is 13.7. The lowest BCUT2D eigenvalue weighted by atomic mass is 10.2. The number of ether oxygens (including phenoxy) is 1. The van der Waals surface area contributed by atoms with E-state index < -0.39 is 0 Å². The van der Waals surface area contributed by atoms with Gasteiger partial charge >= 0.3 is 6.09 Å². The molecule has 104 valence electrons. The first-order chi connectivity index (χ1) is 9.19. The predicted octanol–water partition coefficient (Wildman–Crippen LogP) is 2.61. The van der Waals surface area contributed by atoms with E-state index in [4.69, 9.17) is 16.3 Å². The molecule has 1 aromatic carbocycles. The number of benzene rings is 1. The third kappa shape index (κ3) is 4.11. The lowest BCUT2D eigenvalue weighted by Gasteiger charge is -2.33. The van der Waals surface area contributed by atoms with Crippen molar-refractivity contribution in [2.45, 2.75) is 13.5 Å². The average molecular weight is 283 g/mol. The third-order valence-electron chi connectivity index (χ3n) is 3.33. The van der Waals surface area contributed by atoms with E-state index in [2.05, 4.69) is 11.8 Å². The van der Waals surface area contributed by atoms with Crippen LogP contribution in [0.25, 0.3) is 0 Å². The Balaban J connectivity index is 1.79. The third-order valence-corrected chi connectivity index (χ3v) is 3.56. The normalized spacial score (nSPS) is 16.4. The van der Waals surface area contributed by atoms with Gasteiger partial charge in [-0.3, -0.25) is 0 Å². The van der Waals surface area contributed by atoms with Crippen LogP contribution in [0.1, 0.15) is 12.5 Å². The molecule has 0 radical (unpaired) electrons. The number of carbonyl (C=O) groups is 1. The number of likely N-dealkylation sites (N-methyl/N-ethyl adjacent to an activating group) is 1. The molecule has 0 atom stereocenters. The number of rotatable bonds is 3. The molecule has 19 heavy (non-hydrogen) atoms. The van der Waals surface area contributed by atoms with Crippen molar-refractivity contribution < 1.29 is 9.53 Å². The number of carbonyl (C=O) groups excluding carboxylic acids is 1. The molecule has 0 aromatic heterocycles. The molecular weight excluding hydrogens is 264 g/mol. The van der Waals surface area contributed by atoms with Crippen molar-refractivity contribution in [1.82, 2.24) is 9.80 Å². The Bertz CT molecular complexity index is 431. The Morgan fingerprint density at radius 2 is 2.05 bits per heavy atom. The zero-order valence-electron chi connectivity index (χ0n) is 11.1. The fourth-order valence-corrected chi connectivity index (χ4v) is 2.32. The fraction of sp³-hybridized carbons (Fsp3) is 0.500. The van der Waals surface area contributed by atoms with Crippen molar-refractivity contribution in [3.05, 3.63) is 34.9 Å². The summed E-state index contributed by atoms with van der Waals surface area (Å²) < 4.78 is 5.30. The van der Waals surface area contributed by atoms with Crippen LogP contribution in [0.15, 0.2) is 24.3 Å². The number of amides is 1. The summed E-state index contributed by atoms with van der Waals surface area (Å²) in [4.78, 5) is 16.0. The molecule has 0 saturated carbocycles. The molecule has 5 heteroatoms. The molecule has 1 amide bonds. The lowest BCUT2D eigenvalue weighted by Crippen LogP contribution is -2.48. The highest BCUT2D eigenvalue weighted by Crippen LogP contribution is 2.12. The maximum atomic E-state index is 11.9. The highest BCUT2D eigenvalue weighted by molar-refractivity contribution is 6.30. The summed E-state index contributed by atoms with van der Waals surface area (Å²) in [5.41, 5.74) is 0.910. The van der Waals surface area contributed by atoms with Crippen LogP contribution in [0.2, 0.25) is 5.02 Å². The SMILES string of the molecule is CCN1CCN(C(=O)OCc2cccc(Cl)c2)CC1. The van der Waals surface area contributed by atoms with Gasteiger partial charge in [-0.1, -0.05) is 30.7 Å². The largest absolute Gasteiger partial charge is 0.445 e. The Kier molecular flexibility index (Phi) is 5.05. The molecule has 0 N–H and O–H groups in total. The number of hydrogen-bond acceptors (Lipinski definition) is 3. The fourth-order valence-electron chi connectivity index (χ4n) is 2.11. The first-order valence-corrected chi connectivity index (χ1v) is 6.95. The van der Waals surface area contributed by atoms with Crippen molar-refractivity contribution >= 4 is 17.7 Å². The van der Waals surface area contributed by atoms with Crippen LogP contribution >= 0.6 is 11.6 Å². The van der Waals surface area contributed by atoms with E-state index in [1.54, 1.807) is 11.0 Å². The molecule has 1 aliphatic heterocycles. The summed E-state index contributed by atoms with van der Waals surface area (Å²) >= 11 is 5.88. The van der Waals surface area contributed by atoms with E-state index >= 15 is 0 Å². The zero-order valence-corrected chi connectivity index (χ0v) is 11.9. The van der Waals surface area contributed by atoms with Gasteiger partial charge in [-0.05, 0) is 24.2 Å². The van der Waals surface area contributed by atoms with Gasteiger partial charge in [0.05, 0.1) is 0 Å². The van der Waals surface area contributed by atoms with Crippen molar-refractivity contribution in [1.29, 1.82) is 0 Å². The van der Waals surface area contributed by atoms with E-state index in [1.807, 2.05) is 18.2 Å². The molecule has 0 bridgehead atoms. The molecule has 2 rings (SSSR count). The summed E-state index contributed by atoms with van der Waals surface area (Å²) in [5, 5.41) is 0.658. The lowest BCUT2D eigenvalue weighted by molar-refractivity contribution is 0.0729. The standard InChI is InChI=1S/C14H19ClN2O2/c1-2-16-6-8-17(9-7-16)14(18)19-11-12-4-3-5-13(15)10-12/h3-5,10H,2,6-9,11H2,1H3. The smallest absolute Gasteiger partial charge is 0.410 e. The molecule has 4 nitrogen and oxygen atoms in total. The van der Waals surface area contributed by atoms with Crippen molar-refractivity contribution in [2.24, 2.45) is 0 Å². The molecule has 1 aromatic rings. The first-order valence-electron chi connectivity index (χ1n) is 6.57. The quantitative estimate of drug-likeness (QED) is 0.854. The molecule has 0 spiro atoms. The van der Waals surface area contributed by atoms with Crippen molar-refractivity contribution in [3.63, 3.8) is 0 Å². The van der Waals surface area contributed by atoms with Gasteiger partial charge in [-0.25, -0.2) is 4.79 Å². The maximum Gasteiger partial charge on any atom is 0.410 e. The molecule has 1 aliphatic rings. The second-order valence-electron chi connectivity index (χ2n) is 4.61.